The van der Waals surface area contributed by atoms with Crippen LogP contribution in [0.4, 0.5) is 15.8 Å². The Hall–Kier alpha value is -3.93. The van der Waals surface area contributed by atoms with E-state index in [-0.39, 0.29) is 58.1 Å². The van der Waals surface area contributed by atoms with Crippen molar-refractivity contribution in [1.82, 2.24) is 4.57 Å². The van der Waals surface area contributed by atoms with Gasteiger partial charge >= 0.3 is 4.87 Å². The number of thioether (sulfide) groups is 1. The van der Waals surface area contributed by atoms with E-state index in [1.54, 1.807) is 47.7 Å². The van der Waals surface area contributed by atoms with Crippen LogP contribution in [0.15, 0.2) is 82.6 Å². The second-order valence-corrected chi connectivity index (χ2v) is 14.8. The lowest BCUT2D eigenvalue weighted by Crippen LogP contribution is -2.43. The third-order valence-electron chi connectivity index (χ3n) is 9.94. The van der Waals surface area contributed by atoms with Gasteiger partial charge in [0.15, 0.2) is 0 Å². The number of carbonyl (C=O) groups is 3. The monoisotopic (exact) mass is 675 g/mol. The zero-order chi connectivity index (χ0) is 31.9. The minimum absolute atomic E-state index is 0.00512. The van der Waals surface area contributed by atoms with Gasteiger partial charge < -0.3 is 10.1 Å². The number of amides is 3. The molecule has 0 radical (unpaired) electrons. The van der Waals surface area contributed by atoms with E-state index >= 15 is 0 Å². The van der Waals surface area contributed by atoms with Crippen molar-refractivity contribution in [3.8, 4) is 5.75 Å². The summed E-state index contributed by atoms with van der Waals surface area (Å²) in [5, 5.41) is 4.14. The normalized spacial score (nSPS) is 27.4. The first-order chi connectivity index (χ1) is 22.2. The van der Waals surface area contributed by atoms with Crippen molar-refractivity contribution in [2.75, 3.05) is 17.3 Å². The van der Waals surface area contributed by atoms with Crippen LogP contribution < -0.4 is 19.8 Å². The third-order valence-corrected chi connectivity index (χ3v) is 13.0. The topological polar surface area (TPSA) is 97.7 Å². The van der Waals surface area contributed by atoms with E-state index in [9.17, 15) is 23.6 Å². The number of hydrogen-bond acceptors (Lipinski definition) is 7. The number of methoxy groups -OCH3 is 1. The van der Waals surface area contributed by atoms with Gasteiger partial charge in [0.25, 0.3) is 0 Å². The molecule has 4 aliphatic rings. The Morgan fingerprint density at radius 1 is 0.957 bits per heavy atom. The smallest absolute Gasteiger partial charge is 0.308 e. The molecule has 234 valence electrons. The number of rotatable bonds is 6. The van der Waals surface area contributed by atoms with Crippen LogP contribution in [0, 0.1) is 35.4 Å². The van der Waals surface area contributed by atoms with Crippen LogP contribution in [0.5, 0.6) is 5.75 Å². The Labute approximate surface area is 276 Å². The maximum Gasteiger partial charge on any atom is 0.308 e. The van der Waals surface area contributed by atoms with Gasteiger partial charge in [0, 0.05) is 26.8 Å². The summed E-state index contributed by atoms with van der Waals surface area (Å²) in [5.74, 6) is -1.94. The lowest BCUT2D eigenvalue weighted by Gasteiger charge is -2.43. The maximum atomic E-state index is 13.9. The molecule has 7 unspecified atom stereocenters. The van der Waals surface area contributed by atoms with Gasteiger partial charge in [-0.15, -0.1) is 11.8 Å². The number of hydrogen-bond donors (Lipinski definition) is 1. The first kappa shape index (κ1) is 29.5. The van der Waals surface area contributed by atoms with Gasteiger partial charge in [0.2, 0.25) is 17.7 Å². The SMILES string of the molecule is COc1ccc(NC(=O)Cn2c3c(sc2=O)C(c2ccc(Cl)cc2)C2C4CC(C2S3)C2C(=O)N(c3ccc(F)cc3)C(=O)C42)cc1. The minimum Gasteiger partial charge on any atom is -0.497 e. The van der Waals surface area contributed by atoms with Crippen LogP contribution in [-0.4, -0.2) is 34.6 Å². The molecule has 3 amide bonds. The summed E-state index contributed by atoms with van der Waals surface area (Å²) >= 11 is 8.97. The Morgan fingerprint density at radius 2 is 1.63 bits per heavy atom. The summed E-state index contributed by atoms with van der Waals surface area (Å²) in [6, 6.07) is 20.0. The number of benzene rings is 3. The maximum absolute atomic E-state index is 13.9. The van der Waals surface area contributed by atoms with Crippen LogP contribution in [0.2, 0.25) is 5.02 Å². The van der Waals surface area contributed by atoms with Gasteiger partial charge in [-0.25, -0.2) is 4.39 Å². The number of thiazole rings is 1. The summed E-state index contributed by atoms with van der Waals surface area (Å²) in [5.41, 5.74) is 1.95. The molecular weight excluding hydrogens is 649 g/mol. The first-order valence-corrected chi connectivity index (χ1v) is 17.0. The van der Waals surface area contributed by atoms with Gasteiger partial charge in [0.05, 0.1) is 29.7 Å². The van der Waals surface area contributed by atoms with E-state index in [0.717, 1.165) is 33.2 Å². The number of nitrogens with zero attached hydrogens (tertiary/aromatic N) is 2. The molecule has 2 aliphatic heterocycles. The highest BCUT2D eigenvalue weighted by Gasteiger charge is 2.69. The van der Waals surface area contributed by atoms with Crippen molar-refractivity contribution >= 4 is 63.8 Å². The van der Waals surface area contributed by atoms with Crippen LogP contribution in [0.25, 0.3) is 0 Å². The molecule has 2 saturated carbocycles. The molecule has 1 saturated heterocycles. The minimum atomic E-state index is -0.485. The van der Waals surface area contributed by atoms with Crippen LogP contribution >= 0.6 is 34.7 Å². The van der Waals surface area contributed by atoms with Gasteiger partial charge in [-0.3, -0.25) is 28.6 Å². The fraction of sp³-hybridized carbons (Fsp3) is 0.294. The number of fused-ring (bicyclic) bond motifs is 9. The lowest BCUT2D eigenvalue weighted by molar-refractivity contribution is -0.123. The average Bonchev–Trinajstić information content (AvgIpc) is 3.77. The molecule has 0 spiro atoms. The lowest BCUT2D eigenvalue weighted by atomic mass is 9.68. The number of halogens is 2. The number of ether oxygens (including phenoxy) is 1. The van der Waals surface area contributed by atoms with Gasteiger partial charge in [-0.1, -0.05) is 35.1 Å². The molecule has 3 fully saturated rings. The van der Waals surface area contributed by atoms with Crippen LogP contribution in [0.3, 0.4) is 0 Å². The summed E-state index contributed by atoms with van der Waals surface area (Å²) in [6.45, 7) is -0.162. The molecule has 3 aromatic carbocycles. The quantitative estimate of drug-likeness (QED) is 0.251. The molecule has 46 heavy (non-hydrogen) atoms. The highest BCUT2D eigenvalue weighted by atomic mass is 35.5. The van der Waals surface area contributed by atoms with E-state index < -0.39 is 17.7 Å². The molecule has 1 aromatic heterocycles. The Bertz CT molecular complexity index is 1950. The van der Waals surface area contributed by atoms with Gasteiger partial charge in [-0.05, 0) is 90.4 Å². The van der Waals surface area contributed by atoms with Crippen LogP contribution in [0.1, 0.15) is 22.8 Å². The van der Waals surface area contributed by atoms with E-state index in [4.69, 9.17) is 16.3 Å². The summed E-state index contributed by atoms with van der Waals surface area (Å²) in [6.07, 6.45) is 0.730. The zero-order valence-corrected chi connectivity index (χ0v) is 26.8. The molecule has 12 heteroatoms. The molecule has 8 nitrogen and oxygen atoms in total. The van der Waals surface area contributed by atoms with Crippen LogP contribution in [-0.2, 0) is 20.9 Å². The van der Waals surface area contributed by atoms with Gasteiger partial charge in [0.1, 0.15) is 18.1 Å². The number of carbonyl (C=O) groups excluding carboxylic acids is 3. The fourth-order valence-electron chi connectivity index (χ4n) is 8.16. The number of nitrogens with one attached hydrogen (secondary N) is 1. The fourth-order valence-corrected chi connectivity index (χ4v) is 11.4. The van der Waals surface area contributed by atoms with E-state index in [2.05, 4.69) is 5.32 Å². The van der Waals surface area contributed by atoms with Crippen molar-refractivity contribution in [2.45, 2.75) is 29.2 Å². The number of imide groups is 1. The van der Waals surface area contributed by atoms with Gasteiger partial charge in [-0.2, -0.15) is 0 Å². The van der Waals surface area contributed by atoms with E-state index in [1.165, 1.54) is 29.2 Å². The zero-order valence-electron chi connectivity index (χ0n) is 24.4. The largest absolute Gasteiger partial charge is 0.497 e. The van der Waals surface area contributed by atoms with Crippen molar-refractivity contribution in [2.24, 2.45) is 29.6 Å². The predicted octanol–water partition coefficient (Wildman–Crippen LogP) is 6.03. The van der Waals surface area contributed by atoms with Crippen molar-refractivity contribution in [3.63, 3.8) is 0 Å². The average molecular weight is 676 g/mol. The van der Waals surface area contributed by atoms with Crippen molar-refractivity contribution in [1.29, 1.82) is 0 Å². The Kier molecular flexibility index (Phi) is 7.11. The van der Waals surface area contributed by atoms with E-state index in [1.807, 2.05) is 24.3 Å². The van der Waals surface area contributed by atoms with Crippen molar-refractivity contribution in [3.05, 3.63) is 104 Å². The summed E-state index contributed by atoms with van der Waals surface area (Å²) in [7, 11) is 1.57. The van der Waals surface area contributed by atoms with Crippen molar-refractivity contribution < 1.29 is 23.5 Å². The molecule has 2 aliphatic carbocycles. The highest BCUT2D eigenvalue weighted by Crippen LogP contribution is 2.69. The molecule has 3 heterocycles. The predicted molar refractivity (Wildman–Crippen MR) is 174 cm³/mol. The third kappa shape index (κ3) is 4.54. The second-order valence-electron chi connectivity index (χ2n) is 12.2. The summed E-state index contributed by atoms with van der Waals surface area (Å²) < 4.78 is 20.4. The van der Waals surface area contributed by atoms with E-state index in [0.29, 0.717) is 22.1 Å². The molecule has 7 atom stereocenters. The number of aromatic nitrogens is 1. The molecule has 4 aromatic rings. The Balaban J connectivity index is 1.16. The highest BCUT2D eigenvalue weighted by molar-refractivity contribution is 8.00. The second kappa shape index (κ2) is 11.1. The molecule has 8 rings (SSSR count). The Morgan fingerprint density at radius 3 is 2.30 bits per heavy atom. The first-order valence-electron chi connectivity index (χ1n) is 15.0. The number of anilines is 2. The molecule has 1 N–H and O–H groups in total. The summed E-state index contributed by atoms with van der Waals surface area (Å²) in [4.78, 5) is 56.4. The molecular formula is C34H27ClFN3O5S2. The molecule has 2 bridgehead atoms. The standard InChI is InChI=1S/C34H27ClFN3O5S2/c1-44-21-12-8-19(9-13-21)37-24(40)15-38-33-30(46-34(38)43)25(16-2-4-17(35)5-3-16)26-22-14-23(29(26)45-33)28-27(22)31(41)39(32(28)42)20-10-6-18(36)7-11-20/h2-13,22-23,25-29H,14-15H2,1H3,(H,37,40).